The lowest BCUT2D eigenvalue weighted by atomic mass is 9.97. The largest absolute Gasteiger partial charge is 0.416 e. The molecule has 2 aromatic rings. The number of hydrogen-bond acceptors (Lipinski definition) is 1. The smallest absolute Gasteiger partial charge is 0.320 e. The van der Waals surface area contributed by atoms with E-state index in [0.29, 0.717) is 12.1 Å². The van der Waals surface area contributed by atoms with Gasteiger partial charge in [-0.05, 0) is 35.4 Å². The molecule has 1 unspecified atom stereocenters. The summed E-state index contributed by atoms with van der Waals surface area (Å²) in [6, 6.07) is 4.16. The van der Waals surface area contributed by atoms with Gasteiger partial charge in [-0.15, -0.1) is 0 Å². The zero-order valence-electron chi connectivity index (χ0n) is 10.4. The van der Waals surface area contributed by atoms with E-state index in [0.717, 1.165) is 18.2 Å². The van der Waals surface area contributed by atoms with Crippen molar-refractivity contribution in [2.24, 2.45) is 5.73 Å². The predicted molar refractivity (Wildman–Crippen MR) is 63.8 cm³/mol. The Bertz CT molecular complexity index is 642. The van der Waals surface area contributed by atoms with Gasteiger partial charge in [-0.25, -0.2) is 13.2 Å². The van der Waals surface area contributed by atoms with Gasteiger partial charge < -0.3 is 5.73 Å². The van der Waals surface area contributed by atoms with Crippen LogP contribution < -0.4 is 5.73 Å². The molecule has 0 aromatic heterocycles. The summed E-state index contributed by atoms with van der Waals surface area (Å²) < 4.78 is 76.9. The Morgan fingerprint density at radius 2 is 1.43 bits per heavy atom. The standard InChI is InChI=1S/C14H9F6N/c15-10-5-8(6-11(16)12(10)17)13(21)7-2-1-3-9(4-7)14(18,19)20/h1-6,13H,21H2. The first-order valence-electron chi connectivity index (χ1n) is 5.77. The molecule has 0 fully saturated rings. The van der Waals surface area contributed by atoms with Crippen molar-refractivity contribution in [2.75, 3.05) is 0 Å². The number of halogens is 6. The van der Waals surface area contributed by atoms with Crippen LogP contribution in [-0.2, 0) is 6.18 Å². The van der Waals surface area contributed by atoms with Crippen molar-refractivity contribution < 1.29 is 26.3 Å². The molecule has 0 aliphatic heterocycles. The second kappa shape index (κ2) is 5.40. The minimum absolute atomic E-state index is 0.00948. The number of hydrogen-bond donors (Lipinski definition) is 1. The first-order valence-corrected chi connectivity index (χ1v) is 5.77. The van der Waals surface area contributed by atoms with Crippen LogP contribution in [0.4, 0.5) is 26.3 Å². The lowest BCUT2D eigenvalue weighted by Gasteiger charge is -2.15. The maximum atomic E-state index is 13.1. The van der Waals surface area contributed by atoms with Crippen molar-refractivity contribution >= 4 is 0 Å². The highest BCUT2D eigenvalue weighted by Gasteiger charge is 2.31. The molecule has 0 heterocycles. The van der Waals surface area contributed by atoms with Gasteiger partial charge in [0.1, 0.15) is 0 Å². The van der Waals surface area contributed by atoms with E-state index < -0.39 is 35.2 Å². The summed E-state index contributed by atoms with van der Waals surface area (Å²) >= 11 is 0. The first kappa shape index (κ1) is 15.4. The summed E-state index contributed by atoms with van der Waals surface area (Å²) in [4.78, 5) is 0. The maximum Gasteiger partial charge on any atom is 0.416 e. The predicted octanol–water partition coefficient (Wildman–Crippen LogP) is 4.17. The molecule has 0 aliphatic rings. The van der Waals surface area contributed by atoms with E-state index >= 15 is 0 Å². The molecule has 0 spiro atoms. The molecule has 0 amide bonds. The summed E-state index contributed by atoms with van der Waals surface area (Å²) in [5.41, 5.74) is 4.61. The topological polar surface area (TPSA) is 26.0 Å². The molecular formula is C14H9F6N. The van der Waals surface area contributed by atoms with Crippen LogP contribution in [-0.4, -0.2) is 0 Å². The van der Waals surface area contributed by atoms with Crippen LogP contribution in [0.3, 0.4) is 0 Å². The third kappa shape index (κ3) is 3.18. The van der Waals surface area contributed by atoms with Gasteiger partial charge in [0.25, 0.3) is 0 Å². The van der Waals surface area contributed by atoms with Crippen LogP contribution in [0.2, 0.25) is 0 Å². The zero-order chi connectivity index (χ0) is 15.8. The van der Waals surface area contributed by atoms with Crippen LogP contribution >= 0.6 is 0 Å². The third-order valence-corrected chi connectivity index (χ3v) is 2.94. The summed E-state index contributed by atoms with van der Waals surface area (Å²) in [5, 5.41) is 0. The van der Waals surface area contributed by atoms with Gasteiger partial charge in [0, 0.05) is 0 Å². The minimum atomic E-state index is -4.56. The summed E-state index contributed by atoms with van der Waals surface area (Å²) in [7, 11) is 0. The molecule has 2 N–H and O–H groups in total. The van der Waals surface area contributed by atoms with Crippen molar-refractivity contribution in [1.29, 1.82) is 0 Å². The zero-order valence-corrected chi connectivity index (χ0v) is 10.4. The molecular weight excluding hydrogens is 296 g/mol. The van der Waals surface area contributed by atoms with E-state index in [9.17, 15) is 26.3 Å². The van der Waals surface area contributed by atoms with Crippen LogP contribution in [0, 0.1) is 17.5 Å². The molecule has 1 atom stereocenters. The molecule has 0 saturated carbocycles. The Morgan fingerprint density at radius 3 is 1.95 bits per heavy atom. The molecule has 2 aromatic carbocycles. The third-order valence-electron chi connectivity index (χ3n) is 2.94. The highest BCUT2D eigenvalue weighted by Crippen LogP contribution is 2.32. The fourth-order valence-electron chi connectivity index (χ4n) is 1.86. The number of rotatable bonds is 2. The van der Waals surface area contributed by atoms with Gasteiger partial charge in [-0.2, -0.15) is 13.2 Å². The van der Waals surface area contributed by atoms with Gasteiger partial charge in [0.2, 0.25) is 0 Å². The Hall–Kier alpha value is -2.02. The molecule has 2 rings (SSSR count). The summed E-state index contributed by atoms with van der Waals surface area (Å²) in [6.07, 6.45) is -4.56. The SMILES string of the molecule is NC(c1cccc(C(F)(F)F)c1)c1cc(F)c(F)c(F)c1. The molecule has 7 heteroatoms. The normalized spacial score (nSPS) is 13.3. The van der Waals surface area contributed by atoms with Crippen molar-refractivity contribution in [2.45, 2.75) is 12.2 Å². The highest BCUT2D eigenvalue weighted by atomic mass is 19.4. The Kier molecular flexibility index (Phi) is 3.95. The first-order chi connectivity index (χ1) is 9.70. The fourth-order valence-corrected chi connectivity index (χ4v) is 1.86. The quantitative estimate of drug-likeness (QED) is 0.654. The van der Waals surface area contributed by atoms with Gasteiger partial charge in [-0.1, -0.05) is 12.1 Å². The van der Waals surface area contributed by atoms with E-state index in [2.05, 4.69) is 0 Å². The average Bonchev–Trinajstić information content (AvgIpc) is 2.42. The number of alkyl halides is 3. The minimum Gasteiger partial charge on any atom is -0.320 e. The molecule has 0 radical (unpaired) electrons. The van der Waals surface area contributed by atoms with Gasteiger partial charge in [0.05, 0.1) is 11.6 Å². The van der Waals surface area contributed by atoms with Crippen LogP contribution in [0.25, 0.3) is 0 Å². The van der Waals surface area contributed by atoms with E-state index in [1.807, 2.05) is 0 Å². The second-order valence-electron chi connectivity index (χ2n) is 4.40. The number of nitrogens with two attached hydrogens (primary N) is 1. The maximum absolute atomic E-state index is 13.1. The lowest BCUT2D eigenvalue weighted by molar-refractivity contribution is -0.137. The van der Waals surface area contributed by atoms with Crippen LogP contribution in [0.5, 0.6) is 0 Å². The molecule has 112 valence electrons. The van der Waals surface area contributed by atoms with E-state index in [1.165, 1.54) is 6.07 Å². The molecule has 1 nitrogen and oxygen atoms in total. The number of benzene rings is 2. The lowest BCUT2D eigenvalue weighted by Crippen LogP contribution is -2.14. The summed E-state index contributed by atoms with van der Waals surface area (Å²) in [6.45, 7) is 0. The monoisotopic (exact) mass is 305 g/mol. The van der Waals surface area contributed by atoms with Crippen molar-refractivity contribution in [3.05, 3.63) is 70.5 Å². The van der Waals surface area contributed by atoms with E-state index in [-0.39, 0.29) is 11.1 Å². The Morgan fingerprint density at radius 1 is 0.857 bits per heavy atom. The molecule has 0 aliphatic carbocycles. The molecule has 0 bridgehead atoms. The molecule has 21 heavy (non-hydrogen) atoms. The van der Waals surface area contributed by atoms with Gasteiger partial charge in [-0.3, -0.25) is 0 Å². The Labute approximate surface area is 116 Å². The van der Waals surface area contributed by atoms with Gasteiger partial charge in [0.15, 0.2) is 17.5 Å². The molecule has 0 saturated heterocycles. The van der Waals surface area contributed by atoms with E-state index in [4.69, 9.17) is 5.73 Å². The van der Waals surface area contributed by atoms with E-state index in [1.54, 1.807) is 0 Å². The Balaban J connectivity index is 2.43. The van der Waals surface area contributed by atoms with Crippen LogP contribution in [0.15, 0.2) is 36.4 Å². The summed E-state index contributed by atoms with van der Waals surface area (Å²) in [5.74, 6) is -4.56. The fraction of sp³-hybridized carbons (Fsp3) is 0.143. The van der Waals surface area contributed by atoms with Gasteiger partial charge >= 0.3 is 6.18 Å². The second-order valence-corrected chi connectivity index (χ2v) is 4.40. The highest BCUT2D eigenvalue weighted by molar-refractivity contribution is 5.35. The van der Waals surface area contributed by atoms with Crippen molar-refractivity contribution in [1.82, 2.24) is 0 Å². The van der Waals surface area contributed by atoms with Crippen molar-refractivity contribution in [3.63, 3.8) is 0 Å². The van der Waals surface area contributed by atoms with Crippen molar-refractivity contribution in [3.8, 4) is 0 Å². The average molecular weight is 305 g/mol. The van der Waals surface area contributed by atoms with Crippen LogP contribution in [0.1, 0.15) is 22.7 Å².